The monoisotopic (exact) mass is 522 g/mol. The van der Waals surface area contributed by atoms with Crippen molar-refractivity contribution >= 4 is 66.1 Å². The summed E-state index contributed by atoms with van der Waals surface area (Å²) in [4.78, 5) is -1.36. The number of halogens is 4. The standard InChI is InChI=1S/C20H14Cl4O4S2/c21-13-14-11-12-17(20(22,23)24)19(30(27,28)16-9-5-2-6-10-16)18(14)29(25,26)15-7-3-1-4-8-15/h1-12H,13H2. The molecule has 0 aromatic heterocycles. The molecule has 158 valence electrons. The van der Waals surface area contributed by atoms with Gasteiger partial charge in [0.25, 0.3) is 0 Å². The Morgan fingerprint density at radius 1 is 0.633 bits per heavy atom. The normalized spacial score (nSPS) is 12.7. The van der Waals surface area contributed by atoms with E-state index in [1.54, 1.807) is 12.1 Å². The molecule has 30 heavy (non-hydrogen) atoms. The van der Waals surface area contributed by atoms with Gasteiger partial charge in [0.05, 0.1) is 19.6 Å². The van der Waals surface area contributed by atoms with E-state index in [-0.39, 0.29) is 26.8 Å². The molecule has 0 atom stereocenters. The Morgan fingerprint density at radius 2 is 1.07 bits per heavy atom. The van der Waals surface area contributed by atoms with Crippen LogP contribution in [-0.4, -0.2) is 16.8 Å². The smallest absolute Gasteiger partial charge is 0.217 e. The van der Waals surface area contributed by atoms with E-state index in [0.717, 1.165) is 0 Å². The Hall–Kier alpha value is -1.28. The quantitative estimate of drug-likeness (QED) is 0.389. The molecule has 0 unspecified atom stereocenters. The average Bonchev–Trinajstić information content (AvgIpc) is 2.73. The zero-order valence-corrected chi connectivity index (χ0v) is 19.8. The molecule has 0 aliphatic heterocycles. The van der Waals surface area contributed by atoms with E-state index in [1.165, 1.54) is 60.7 Å². The van der Waals surface area contributed by atoms with E-state index >= 15 is 0 Å². The van der Waals surface area contributed by atoms with Crippen LogP contribution in [-0.2, 0) is 29.3 Å². The summed E-state index contributed by atoms with van der Waals surface area (Å²) in [6, 6.07) is 17.4. The highest BCUT2D eigenvalue weighted by Crippen LogP contribution is 2.46. The summed E-state index contributed by atoms with van der Waals surface area (Å²) in [6.45, 7) is 0. The van der Waals surface area contributed by atoms with Gasteiger partial charge in [-0.15, -0.1) is 11.6 Å². The molecule has 3 aromatic carbocycles. The Balaban J connectivity index is 2.52. The average molecular weight is 524 g/mol. The van der Waals surface area contributed by atoms with E-state index in [2.05, 4.69) is 0 Å². The highest BCUT2D eigenvalue weighted by atomic mass is 35.6. The molecule has 0 bridgehead atoms. The summed E-state index contributed by atoms with van der Waals surface area (Å²) in [5.41, 5.74) is -0.201. The fourth-order valence-electron chi connectivity index (χ4n) is 2.93. The molecule has 0 heterocycles. The molecular weight excluding hydrogens is 510 g/mol. The van der Waals surface area contributed by atoms with Crippen LogP contribution in [0.2, 0.25) is 0 Å². The predicted molar refractivity (Wildman–Crippen MR) is 119 cm³/mol. The van der Waals surface area contributed by atoms with Gasteiger partial charge >= 0.3 is 0 Å². The van der Waals surface area contributed by atoms with Gasteiger partial charge in [0, 0.05) is 11.4 Å². The Kier molecular flexibility index (Phi) is 6.77. The summed E-state index contributed by atoms with van der Waals surface area (Å²) < 4.78 is 52.0. The van der Waals surface area contributed by atoms with Gasteiger partial charge in [0.1, 0.15) is 0 Å². The van der Waals surface area contributed by atoms with Gasteiger partial charge < -0.3 is 0 Å². The number of benzene rings is 3. The molecule has 10 heteroatoms. The van der Waals surface area contributed by atoms with Crippen molar-refractivity contribution in [1.29, 1.82) is 0 Å². The van der Waals surface area contributed by atoms with Crippen LogP contribution in [0.5, 0.6) is 0 Å². The molecule has 4 nitrogen and oxygen atoms in total. The van der Waals surface area contributed by atoms with Crippen LogP contribution in [0.1, 0.15) is 11.1 Å². The molecule has 0 fully saturated rings. The fraction of sp³-hybridized carbons (Fsp3) is 0.100. The maximum absolute atomic E-state index is 13.6. The minimum absolute atomic E-state index is 0.0769. The summed E-state index contributed by atoms with van der Waals surface area (Å²) in [7, 11) is -8.72. The maximum atomic E-state index is 13.6. The van der Waals surface area contributed by atoms with E-state index in [1.807, 2.05) is 0 Å². The van der Waals surface area contributed by atoms with Gasteiger partial charge in [-0.25, -0.2) is 16.8 Å². The number of rotatable bonds is 5. The largest absolute Gasteiger partial charge is 0.218 e. The molecule has 0 amide bonds. The molecule has 0 saturated heterocycles. The van der Waals surface area contributed by atoms with Gasteiger partial charge in [-0.2, -0.15) is 0 Å². The number of alkyl halides is 4. The Labute approximate surface area is 195 Å². The number of hydrogen-bond donors (Lipinski definition) is 0. The lowest BCUT2D eigenvalue weighted by Crippen LogP contribution is -2.18. The Bertz CT molecular complexity index is 1270. The van der Waals surface area contributed by atoms with Crippen LogP contribution in [0.25, 0.3) is 0 Å². The van der Waals surface area contributed by atoms with Crippen LogP contribution in [0, 0.1) is 0 Å². The molecule has 0 N–H and O–H groups in total. The lowest BCUT2D eigenvalue weighted by Gasteiger charge is -2.22. The first-order valence-corrected chi connectivity index (χ1v) is 13.0. The SMILES string of the molecule is O=S(=O)(c1ccccc1)c1c(CCl)ccc(C(Cl)(Cl)Cl)c1S(=O)(=O)c1ccccc1. The third kappa shape index (κ3) is 4.35. The highest BCUT2D eigenvalue weighted by Gasteiger charge is 2.39. The lowest BCUT2D eigenvalue weighted by atomic mass is 10.1. The minimum Gasteiger partial charge on any atom is -0.218 e. The summed E-state index contributed by atoms with van der Waals surface area (Å²) in [5, 5.41) is 0. The van der Waals surface area contributed by atoms with Gasteiger partial charge in [0.2, 0.25) is 23.5 Å². The first kappa shape index (κ1) is 23.4. The second-order valence-corrected chi connectivity index (χ2v) is 12.5. The van der Waals surface area contributed by atoms with Crippen LogP contribution < -0.4 is 0 Å². The molecule has 3 rings (SSSR count). The fourth-order valence-corrected chi connectivity index (χ4v) is 7.76. The van der Waals surface area contributed by atoms with Crippen LogP contribution in [0.3, 0.4) is 0 Å². The third-order valence-electron chi connectivity index (χ3n) is 4.29. The molecule has 0 spiro atoms. The predicted octanol–water partition coefficient (Wildman–Crippen LogP) is 5.92. The van der Waals surface area contributed by atoms with Crippen LogP contribution in [0.4, 0.5) is 0 Å². The van der Waals surface area contributed by atoms with Crippen molar-refractivity contribution in [1.82, 2.24) is 0 Å². The molecule has 0 aliphatic carbocycles. The van der Waals surface area contributed by atoms with E-state index in [9.17, 15) is 16.8 Å². The van der Waals surface area contributed by atoms with E-state index < -0.39 is 33.3 Å². The molecule has 0 radical (unpaired) electrons. The molecule has 0 saturated carbocycles. The van der Waals surface area contributed by atoms with Gasteiger partial charge in [-0.3, -0.25) is 0 Å². The summed E-state index contributed by atoms with van der Waals surface area (Å²) in [6.07, 6.45) is 0. The lowest BCUT2D eigenvalue weighted by molar-refractivity contribution is 0.580. The van der Waals surface area contributed by atoms with Crippen molar-refractivity contribution in [2.45, 2.75) is 29.3 Å². The highest BCUT2D eigenvalue weighted by molar-refractivity contribution is 7.94. The van der Waals surface area contributed by atoms with Crippen molar-refractivity contribution in [3.63, 3.8) is 0 Å². The first-order chi connectivity index (χ1) is 14.0. The second-order valence-electron chi connectivity index (χ2n) is 6.19. The third-order valence-corrected chi connectivity index (χ3v) is 9.07. The van der Waals surface area contributed by atoms with Gasteiger partial charge in [-0.05, 0) is 29.8 Å². The van der Waals surface area contributed by atoms with Crippen molar-refractivity contribution in [2.75, 3.05) is 0 Å². The molecule has 0 aliphatic rings. The first-order valence-electron chi connectivity index (χ1n) is 8.40. The summed E-state index contributed by atoms with van der Waals surface area (Å²) in [5.74, 6) is -0.265. The molecule has 3 aromatic rings. The topological polar surface area (TPSA) is 68.3 Å². The summed E-state index contributed by atoms with van der Waals surface area (Å²) >= 11 is 24.2. The van der Waals surface area contributed by atoms with Crippen molar-refractivity contribution in [2.24, 2.45) is 0 Å². The number of sulfone groups is 2. The zero-order valence-electron chi connectivity index (χ0n) is 15.1. The number of hydrogen-bond acceptors (Lipinski definition) is 4. The van der Waals surface area contributed by atoms with E-state index in [4.69, 9.17) is 46.4 Å². The van der Waals surface area contributed by atoms with Crippen LogP contribution >= 0.6 is 46.4 Å². The van der Waals surface area contributed by atoms with Crippen molar-refractivity contribution in [3.05, 3.63) is 83.9 Å². The van der Waals surface area contributed by atoms with Crippen molar-refractivity contribution < 1.29 is 16.8 Å². The Morgan fingerprint density at radius 3 is 1.47 bits per heavy atom. The van der Waals surface area contributed by atoms with Crippen LogP contribution in [0.15, 0.2) is 92.4 Å². The molecular formula is C20H14Cl4O4S2. The van der Waals surface area contributed by atoms with Gasteiger partial charge in [-0.1, -0.05) is 83.3 Å². The minimum atomic E-state index is -4.40. The maximum Gasteiger partial charge on any atom is 0.217 e. The van der Waals surface area contributed by atoms with E-state index in [0.29, 0.717) is 0 Å². The second kappa shape index (κ2) is 8.69. The zero-order chi connectivity index (χ0) is 22.2. The van der Waals surface area contributed by atoms with Gasteiger partial charge in [0.15, 0.2) is 0 Å². The van der Waals surface area contributed by atoms with Crippen molar-refractivity contribution in [3.8, 4) is 0 Å².